The minimum Gasteiger partial charge on any atom is -0.373 e. The van der Waals surface area contributed by atoms with E-state index in [-0.39, 0.29) is 11.9 Å². The van der Waals surface area contributed by atoms with Crippen LogP contribution in [0.25, 0.3) is 11.4 Å². The molecule has 5 rings (SSSR count). The van der Waals surface area contributed by atoms with Crippen molar-refractivity contribution in [3.8, 4) is 11.4 Å². The summed E-state index contributed by atoms with van der Waals surface area (Å²) in [4.78, 5) is 22.0. The maximum atomic E-state index is 13.1. The summed E-state index contributed by atoms with van der Waals surface area (Å²) in [5.41, 5.74) is 2.97. The van der Waals surface area contributed by atoms with Crippen LogP contribution in [0.1, 0.15) is 47.6 Å². The highest BCUT2D eigenvalue weighted by Gasteiger charge is 2.37. The van der Waals surface area contributed by atoms with Crippen molar-refractivity contribution >= 4 is 27.5 Å². The minimum absolute atomic E-state index is 0.124. The second-order valence-electron chi connectivity index (χ2n) is 9.00. The Labute approximate surface area is 218 Å². The zero-order chi connectivity index (χ0) is 25.0. The molecule has 0 bridgehead atoms. The van der Waals surface area contributed by atoms with Crippen molar-refractivity contribution < 1.29 is 4.79 Å². The van der Waals surface area contributed by atoms with Gasteiger partial charge in [-0.05, 0) is 74.8 Å². The second-order valence-corrected chi connectivity index (χ2v) is 9.85. The van der Waals surface area contributed by atoms with Gasteiger partial charge in [0.1, 0.15) is 0 Å². The first-order valence-corrected chi connectivity index (χ1v) is 12.8. The van der Waals surface area contributed by atoms with Crippen LogP contribution in [0.15, 0.2) is 77.5 Å². The van der Waals surface area contributed by atoms with E-state index in [1.165, 1.54) is 0 Å². The van der Waals surface area contributed by atoms with Crippen molar-refractivity contribution in [3.63, 3.8) is 0 Å². The quantitative estimate of drug-likeness (QED) is 0.265. The summed E-state index contributed by atoms with van der Waals surface area (Å²) in [6, 6.07) is 19.2. The molecule has 1 saturated heterocycles. The number of halogens is 1. The van der Waals surface area contributed by atoms with Crippen LogP contribution in [0.3, 0.4) is 0 Å². The molecule has 8 nitrogen and oxygen atoms in total. The summed E-state index contributed by atoms with van der Waals surface area (Å²) < 4.78 is 0.972. The molecule has 0 spiro atoms. The molecule has 1 aliphatic heterocycles. The van der Waals surface area contributed by atoms with Gasteiger partial charge in [0.25, 0.3) is 5.91 Å². The van der Waals surface area contributed by atoms with Crippen molar-refractivity contribution in [2.75, 3.05) is 18.4 Å². The molecule has 9 heteroatoms. The van der Waals surface area contributed by atoms with Gasteiger partial charge in [0.05, 0.1) is 11.6 Å². The highest BCUT2D eigenvalue weighted by Crippen LogP contribution is 2.34. The Morgan fingerprint density at radius 1 is 1.06 bits per heavy atom. The van der Waals surface area contributed by atoms with E-state index in [0.29, 0.717) is 11.4 Å². The molecule has 0 radical (unpaired) electrons. The standard InChI is InChI=1S/C27H28BrN7O/c1-18(22-7-2-3-8-23(22)28)31-25(36)20-5-4-6-21(17-20)33-27(11-15-30-16-12-27)26-32-24(34-35-26)19-9-13-29-14-10-19/h2-10,13-14,17-18,30,33H,11-12,15-16H2,1H3,(H,31,36)(H,32,34,35). The average Bonchev–Trinajstić information content (AvgIpc) is 3.41. The van der Waals surface area contributed by atoms with Crippen LogP contribution >= 0.6 is 15.9 Å². The molecule has 0 saturated carbocycles. The molecule has 4 aromatic rings. The van der Waals surface area contributed by atoms with Gasteiger partial charge in [-0.2, -0.15) is 5.10 Å². The number of carbonyl (C=O) groups is 1. The van der Waals surface area contributed by atoms with Crippen LogP contribution in [0.4, 0.5) is 5.69 Å². The first kappa shape index (κ1) is 24.1. The largest absolute Gasteiger partial charge is 0.373 e. The van der Waals surface area contributed by atoms with E-state index in [2.05, 4.69) is 47.1 Å². The first-order chi connectivity index (χ1) is 17.5. The molecule has 3 heterocycles. The molecule has 2 aromatic heterocycles. The van der Waals surface area contributed by atoms with Gasteiger partial charge < -0.3 is 16.0 Å². The van der Waals surface area contributed by atoms with Crippen molar-refractivity contribution in [1.82, 2.24) is 30.8 Å². The van der Waals surface area contributed by atoms with Crippen LogP contribution in [0.5, 0.6) is 0 Å². The molecule has 36 heavy (non-hydrogen) atoms. The van der Waals surface area contributed by atoms with Crippen LogP contribution in [-0.4, -0.2) is 39.2 Å². The normalized spacial score (nSPS) is 15.7. The van der Waals surface area contributed by atoms with Crippen molar-refractivity contribution in [3.05, 3.63) is 94.5 Å². The first-order valence-electron chi connectivity index (χ1n) is 12.0. The van der Waals surface area contributed by atoms with Crippen molar-refractivity contribution in [2.45, 2.75) is 31.3 Å². The predicted octanol–water partition coefficient (Wildman–Crippen LogP) is 4.81. The molecular formula is C27H28BrN7O. The monoisotopic (exact) mass is 545 g/mol. The van der Waals surface area contributed by atoms with Gasteiger partial charge in [-0.15, -0.1) is 0 Å². The highest BCUT2D eigenvalue weighted by atomic mass is 79.9. The second kappa shape index (κ2) is 10.6. The number of hydrogen-bond donors (Lipinski definition) is 4. The Bertz CT molecular complexity index is 1330. The lowest BCUT2D eigenvalue weighted by molar-refractivity contribution is 0.0940. The Morgan fingerprint density at radius 3 is 2.61 bits per heavy atom. The zero-order valence-corrected chi connectivity index (χ0v) is 21.5. The number of aromatic nitrogens is 4. The molecule has 2 aromatic carbocycles. The van der Waals surface area contributed by atoms with Crippen LogP contribution < -0.4 is 16.0 Å². The minimum atomic E-state index is -0.430. The Balaban J connectivity index is 1.37. The number of piperidine rings is 1. The van der Waals surface area contributed by atoms with Gasteiger partial charge in [-0.25, -0.2) is 4.98 Å². The molecule has 1 aliphatic rings. The zero-order valence-electron chi connectivity index (χ0n) is 20.0. The van der Waals surface area contributed by atoms with Gasteiger partial charge in [0, 0.05) is 33.7 Å². The lowest BCUT2D eigenvalue weighted by Crippen LogP contribution is -2.46. The number of carbonyl (C=O) groups excluding carboxylic acids is 1. The van der Waals surface area contributed by atoms with E-state index in [0.717, 1.165) is 53.0 Å². The van der Waals surface area contributed by atoms with Crippen LogP contribution in [0.2, 0.25) is 0 Å². The van der Waals surface area contributed by atoms with Gasteiger partial charge in [0.15, 0.2) is 11.6 Å². The van der Waals surface area contributed by atoms with Gasteiger partial charge in [0.2, 0.25) is 0 Å². The molecule has 1 unspecified atom stereocenters. The number of amides is 1. The number of nitrogens with zero attached hydrogens (tertiary/aromatic N) is 3. The molecular weight excluding hydrogens is 518 g/mol. The summed E-state index contributed by atoms with van der Waals surface area (Å²) >= 11 is 3.57. The smallest absolute Gasteiger partial charge is 0.251 e. The molecule has 1 amide bonds. The highest BCUT2D eigenvalue weighted by molar-refractivity contribution is 9.10. The fourth-order valence-corrected chi connectivity index (χ4v) is 5.21. The van der Waals surface area contributed by atoms with E-state index >= 15 is 0 Å². The Kier molecular flexibility index (Phi) is 7.11. The van der Waals surface area contributed by atoms with Gasteiger partial charge in [-0.1, -0.05) is 40.2 Å². The number of aromatic amines is 1. The lowest BCUT2D eigenvalue weighted by atomic mass is 9.87. The summed E-state index contributed by atoms with van der Waals surface area (Å²) in [7, 11) is 0. The third kappa shape index (κ3) is 5.17. The SMILES string of the molecule is CC(NC(=O)c1cccc(NC2(c3nc(-c4ccncc4)n[nH]3)CCNCC2)c1)c1ccccc1Br. The number of benzene rings is 2. The third-order valence-electron chi connectivity index (χ3n) is 6.56. The van der Waals surface area contributed by atoms with Crippen LogP contribution in [-0.2, 0) is 5.54 Å². The fraction of sp³-hybridized carbons (Fsp3) is 0.259. The molecule has 0 aliphatic carbocycles. The summed E-state index contributed by atoms with van der Waals surface area (Å²) in [6.45, 7) is 3.68. The average molecular weight is 546 g/mol. The fourth-order valence-electron chi connectivity index (χ4n) is 4.58. The number of H-pyrrole nitrogens is 1. The van der Waals surface area contributed by atoms with Gasteiger partial charge in [-0.3, -0.25) is 14.9 Å². The Morgan fingerprint density at radius 2 is 1.83 bits per heavy atom. The topological polar surface area (TPSA) is 108 Å². The number of rotatable bonds is 7. The molecule has 1 fully saturated rings. The van der Waals surface area contributed by atoms with E-state index in [1.807, 2.05) is 67.6 Å². The third-order valence-corrected chi connectivity index (χ3v) is 7.28. The number of anilines is 1. The maximum absolute atomic E-state index is 13.1. The summed E-state index contributed by atoms with van der Waals surface area (Å²) in [5, 5.41) is 17.9. The van der Waals surface area contributed by atoms with Gasteiger partial charge >= 0.3 is 0 Å². The van der Waals surface area contributed by atoms with Crippen LogP contribution in [0, 0.1) is 0 Å². The van der Waals surface area contributed by atoms with E-state index in [4.69, 9.17) is 4.98 Å². The summed E-state index contributed by atoms with van der Waals surface area (Å²) in [5.74, 6) is 1.30. The van der Waals surface area contributed by atoms with Crippen molar-refractivity contribution in [2.24, 2.45) is 0 Å². The number of pyridine rings is 1. The lowest BCUT2D eigenvalue weighted by Gasteiger charge is -2.37. The maximum Gasteiger partial charge on any atom is 0.251 e. The Hall–Kier alpha value is -3.56. The summed E-state index contributed by atoms with van der Waals surface area (Å²) in [6.07, 6.45) is 5.12. The van der Waals surface area contributed by atoms with Crippen molar-refractivity contribution in [1.29, 1.82) is 0 Å². The van der Waals surface area contributed by atoms with E-state index in [9.17, 15) is 4.79 Å². The molecule has 4 N–H and O–H groups in total. The predicted molar refractivity (Wildman–Crippen MR) is 143 cm³/mol. The number of hydrogen-bond acceptors (Lipinski definition) is 6. The molecule has 1 atom stereocenters. The van der Waals surface area contributed by atoms with E-state index < -0.39 is 5.54 Å². The van der Waals surface area contributed by atoms with E-state index in [1.54, 1.807) is 12.4 Å². The molecule has 184 valence electrons. The number of nitrogens with one attached hydrogen (secondary N) is 4.